The van der Waals surface area contributed by atoms with Gasteiger partial charge in [-0.1, -0.05) is 36.4 Å². The summed E-state index contributed by atoms with van der Waals surface area (Å²) in [5.74, 6) is 0. The van der Waals surface area contributed by atoms with Crippen LogP contribution in [0.25, 0.3) is 52.0 Å². The van der Waals surface area contributed by atoms with Crippen molar-refractivity contribution >= 4 is 89.5 Å². The molecule has 9 aromatic carbocycles. The summed E-state index contributed by atoms with van der Waals surface area (Å²) in [5.41, 5.74) is 12.1. The molecule has 10 aromatic rings. The van der Waals surface area contributed by atoms with E-state index in [1.807, 2.05) is 0 Å². The van der Waals surface area contributed by atoms with Crippen LogP contribution < -0.4 is 9.80 Å². The van der Waals surface area contributed by atoms with Crippen LogP contribution >= 0.6 is 0 Å². The number of anilines is 6. The summed E-state index contributed by atoms with van der Waals surface area (Å²) >= 11 is 0.199. The minimum absolute atomic E-state index is 0.173. The van der Waals surface area contributed by atoms with Gasteiger partial charge in [0.15, 0.2) is 0 Å². The molecule has 0 atom stereocenters. The Morgan fingerprint density at radius 2 is 0.964 bits per heavy atom. The summed E-state index contributed by atoms with van der Waals surface area (Å²) in [6.45, 7) is 4.78. The van der Waals surface area contributed by atoms with Gasteiger partial charge in [0.2, 0.25) is 0 Å². The van der Waals surface area contributed by atoms with Gasteiger partial charge in [-0.05, 0) is 16.2 Å². The van der Waals surface area contributed by atoms with E-state index in [1.54, 1.807) is 0 Å². The molecule has 3 heteroatoms. The molecule has 0 aliphatic heterocycles. The molecule has 0 bridgehead atoms. The Hall–Kier alpha value is -6.38. The molecule has 0 unspecified atom stereocenters. The normalized spacial score (nSPS) is 13.0. The van der Waals surface area contributed by atoms with E-state index in [9.17, 15) is 0 Å². The van der Waals surface area contributed by atoms with Crippen LogP contribution in [0.4, 0.5) is 34.1 Å². The van der Waals surface area contributed by atoms with E-state index in [0.29, 0.717) is 0 Å². The van der Waals surface area contributed by atoms with Crippen LogP contribution in [0.1, 0.15) is 25.0 Å². The molecule has 0 N–H and O–H groups in total. The van der Waals surface area contributed by atoms with Crippen LogP contribution in [0.2, 0.25) is 0 Å². The minimum atomic E-state index is -0.173. The standard InChI is InChI=1S/C53H38N2Se/c1-53(2)46-26-15-27-48(51(46)45-32-36-31-30-35-16-9-10-23-41(35)44(36)34-47(45)53)54(37-17-5-3-6-18-37)39-21-13-22-40(33-39)55(38-19-7-4-8-20-38)49-28-14-25-43-42-24-11-12-29-50(42)56-52(43)49/h3-34H,1-2H3. The zero-order valence-corrected chi connectivity index (χ0v) is 33.0. The van der Waals surface area contributed by atoms with E-state index in [1.165, 1.54) is 74.5 Å². The van der Waals surface area contributed by atoms with Crippen molar-refractivity contribution in [3.05, 3.63) is 205 Å². The average Bonchev–Trinajstić information content (AvgIpc) is 3.74. The van der Waals surface area contributed by atoms with Crippen LogP contribution in [-0.4, -0.2) is 14.5 Å². The zero-order chi connectivity index (χ0) is 37.4. The van der Waals surface area contributed by atoms with Gasteiger partial charge in [0, 0.05) is 0 Å². The second kappa shape index (κ2) is 12.9. The molecule has 0 saturated heterocycles. The number of hydrogen-bond acceptors (Lipinski definition) is 2. The molecule has 1 aromatic heterocycles. The fourth-order valence-corrected chi connectivity index (χ4v) is 11.7. The van der Waals surface area contributed by atoms with Crippen molar-refractivity contribution in [2.75, 3.05) is 9.80 Å². The molecule has 0 saturated carbocycles. The van der Waals surface area contributed by atoms with Crippen molar-refractivity contribution < 1.29 is 0 Å². The van der Waals surface area contributed by atoms with Crippen molar-refractivity contribution in [1.29, 1.82) is 0 Å². The van der Waals surface area contributed by atoms with E-state index in [-0.39, 0.29) is 19.9 Å². The van der Waals surface area contributed by atoms with Crippen molar-refractivity contribution in [2.45, 2.75) is 19.3 Å². The first-order valence-corrected chi connectivity index (χ1v) is 21.1. The van der Waals surface area contributed by atoms with E-state index in [4.69, 9.17) is 0 Å². The number of hydrogen-bond donors (Lipinski definition) is 0. The second-order valence-corrected chi connectivity index (χ2v) is 17.6. The Morgan fingerprint density at radius 1 is 0.393 bits per heavy atom. The molecule has 266 valence electrons. The van der Waals surface area contributed by atoms with Crippen LogP contribution in [-0.2, 0) is 5.41 Å². The van der Waals surface area contributed by atoms with Gasteiger partial charge in [-0.25, -0.2) is 0 Å². The summed E-state index contributed by atoms with van der Waals surface area (Å²) in [7, 11) is 0. The van der Waals surface area contributed by atoms with Crippen LogP contribution in [0.15, 0.2) is 194 Å². The predicted molar refractivity (Wildman–Crippen MR) is 240 cm³/mol. The number of fused-ring (bicyclic) bond motifs is 9. The van der Waals surface area contributed by atoms with Gasteiger partial charge < -0.3 is 0 Å². The van der Waals surface area contributed by atoms with Crippen LogP contribution in [0, 0.1) is 0 Å². The third kappa shape index (κ3) is 5.09. The van der Waals surface area contributed by atoms with Crippen molar-refractivity contribution in [1.82, 2.24) is 0 Å². The molecule has 1 aliphatic rings. The number of rotatable bonds is 6. The first kappa shape index (κ1) is 33.0. The number of nitrogens with zero attached hydrogens (tertiary/aromatic N) is 2. The Kier molecular flexibility index (Phi) is 7.57. The predicted octanol–water partition coefficient (Wildman–Crippen LogP) is 14.6. The molecule has 11 rings (SSSR count). The molecule has 1 aliphatic carbocycles. The molecule has 0 radical (unpaired) electrons. The number of para-hydroxylation sites is 2. The maximum atomic E-state index is 2.47. The summed E-state index contributed by atoms with van der Waals surface area (Å²) in [5, 5.41) is 7.88. The third-order valence-electron chi connectivity index (χ3n) is 11.8. The molecular weight excluding hydrogens is 744 g/mol. The van der Waals surface area contributed by atoms with Crippen molar-refractivity contribution in [3.8, 4) is 11.1 Å². The Labute approximate surface area is 333 Å². The van der Waals surface area contributed by atoms with Gasteiger partial charge in [0.05, 0.1) is 0 Å². The van der Waals surface area contributed by atoms with E-state index in [0.717, 1.165) is 22.7 Å². The monoisotopic (exact) mass is 782 g/mol. The van der Waals surface area contributed by atoms with Gasteiger partial charge in [-0.2, -0.15) is 0 Å². The molecule has 0 amide bonds. The molecule has 1 heterocycles. The summed E-state index contributed by atoms with van der Waals surface area (Å²) in [6, 6.07) is 71.7. The van der Waals surface area contributed by atoms with Gasteiger partial charge in [-0.3, -0.25) is 0 Å². The molecule has 2 nitrogen and oxygen atoms in total. The summed E-state index contributed by atoms with van der Waals surface area (Å²) in [6.07, 6.45) is 0. The van der Waals surface area contributed by atoms with Gasteiger partial charge in [0.25, 0.3) is 0 Å². The van der Waals surface area contributed by atoms with Crippen LogP contribution in [0.3, 0.4) is 0 Å². The van der Waals surface area contributed by atoms with E-state index < -0.39 is 0 Å². The zero-order valence-electron chi connectivity index (χ0n) is 31.3. The Balaban J connectivity index is 1.13. The topological polar surface area (TPSA) is 6.48 Å². The van der Waals surface area contributed by atoms with E-state index in [2.05, 4.69) is 218 Å². The van der Waals surface area contributed by atoms with Gasteiger partial charge in [-0.15, -0.1) is 0 Å². The Morgan fingerprint density at radius 3 is 1.73 bits per heavy atom. The van der Waals surface area contributed by atoms with E-state index >= 15 is 0 Å². The number of benzene rings is 9. The quantitative estimate of drug-likeness (QED) is 0.122. The fraction of sp³-hybridized carbons (Fsp3) is 0.0566. The van der Waals surface area contributed by atoms with Gasteiger partial charge in [0.1, 0.15) is 0 Å². The van der Waals surface area contributed by atoms with Crippen LogP contribution in [0.5, 0.6) is 0 Å². The summed E-state index contributed by atoms with van der Waals surface area (Å²) in [4.78, 5) is 4.93. The molecule has 56 heavy (non-hydrogen) atoms. The SMILES string of the molecule is CC1(C)c2cc3c(ccc4ccccc43)cc2-c2c(N(c3ccccc3)c3cccc(N(c4ccccc4)c4cccc5c4[se]c4ccccc45)c3)cccc21. The average molecular weight is 782 g/mol. The van der Waals surface area contributed by atoms with Gasteiger partial charge >= 0.3 is 282 Å². The third-order valence-corrected chi connectivity index (χ3v) is 14.3. The van der Waals surface area contributed by atoms with Crippen molar-refractivity contribution in [2.24, 2.45) is 0 Å². The molecular formula is C53H38N2Se. The fourth-order valence-electron chi connectivity index (χ4n) is 9.14. The first-order valence-electron chi connectivity index (χ1n) is 19.4. The first-order chi connectivity index (χ1) is 27.5. The second-order valence-electron chi connectivity index (χ2n) is 15.3. The Bertz CT molecular complexity index is 3120. The maximum absolute atomic E-state index is 2.47. The molecule has 0 fully saturated rings. The summed E-state index contributed by atoms with van der Waals surface area (Å²) < 4.78 is 2.87. The molecule has 0 spiro atoms. The van der Waals surface area contributed by atoms with Crippen molar-refractivity contribution in [3.63, 3.8) is 0 Å².